The average Bonchev–Trinajstić information content (AvgIpc) is 2.33. The van der Waals surface area contributed by atoms with E-state index < -0.39 is 0 Å². The van der Waals surface area contributed by atoms with Gasteiger partial charge >= 0.3 is 0 Å². The third-order valence-electron chi connectivity index (χ3n) is 2.90. The molecule has 0 saturated heterocycles. The summed E-state index contributed by atoms with van der Waals surface area (Å²) in [6.45, 7) is 3.73. The molecule has 0 aliphatic rings. The molecule has 1 unspecified atom stereocenters. The molecule has 0 aromatic heterocycles. The van der Waals surface area contributed by atoms with E-state index in [-0.39, 0.29) is 17.6 Å². The Hall–Kier alpha value is -2.03. The van der Waals surface area contributed by atoms with Gasteiger partial charge in [0.15, 0.2) is 0 Å². The highest BCUT2D eigenvalue weighted by molar-refractivity contribution is 5.49. The molecule has 0 spiro atoms. The molecular formula is C15H16FNO. The van der Waals surface area contributed by atoms with E-state index in [1.165, 1.54) is 6.07 Å². The molecule has 2 aromatic carbocycles. The maximum Gasteiger partial charge on any atom is 0.146 e. The standard InChI is InChI=1S/C15H16FNO/c1-10-7-8-14(13(16)9-10)17-11(2)12-5-3-4-6-15(12)18/h3-9,11,17-18H,1-2H3. The smallest absolute Gasteiger partial charge is 0.146 e. The van der Waals surface area contributed by atoms with Crippen molar-refractivity contribution in [3.05, 3.63) is 59.4 Å². The van der Waals surface area contributed by atoms with Gasteiger partial charge in [-0.1, -0.05) is 24.3 Å². The number of anilines is 1. The van der Waals surface area contributed by atoms with Crippen LogP contribution in [0.1, 0.15) is 24.1 Å². The lowest BCUT2D eigenvalue weighted by Crippen LogP contribution is -2.08. The predicted octanol–water partition coefficient (Wildman–Crippen LogP) is 4.01. The molecule has 94 valence electrons. The first-order valence-corrected chi connectivity index (χ1v) is 5.88. The summed E-state index contributed by atoms with van der Waals surface area (Å²) in [6, 6.07) is 11.9. The van der Waals surface area contributed by atoms with E-state index in [1.54, 1.807) is 18.2 Å². The Morgan fingerprint density at radius 1 is 1.17 bits per heavy atom. The highest BCUT2D eigenvalue weighted by Gasteiger charge is 2.11. The number of para-hydroxylation sites is 1. The van der Waals surface area contributed by atoms with Gasteiger partial charge in [0.25, 0.3) is 0 Å². The number of nitrogens with one attached hydrogen (secondary N) is 1. The molecule has 2 nitrogen and oxygen atoms in total. The van der Waals surface area contributed by atoms with Crippen molar-refractivity contribution in [2.75, 3.05) is 5.32 Å². The summed E-state index contributed by atoms with van der Waals surface area (Å²) in [7, 11) is 0. The SMILES string of the molecule is Cc1ccc(NC(C)c2ccccc2O)c(F)c1. The quantitative estimate of drug-likeness (QED) is 0.856. The van der Waals surface area contributed by atoms with E-state index in [1.807, 2.05) is 32.0 Å². The lowest BCUT2D eigenvalue weighted by atomic mass is 10.1. The number of benzene rings is 2. The van der Waals surface area contributed by atoms with Gasteiger partial charge < -0.3 is 10.4 Å². The number of hydrogen-bond acceptors (Lipinski definition) is 2. The van der Waals surface area contributed by atoms with E-state index in [0.717, 1.165) is 11.1 Å². The minimum atomic E-state index is -0.280. The molecule has 0 heterocycles. The van der Waals surface area contributed by atoms with E-state index in [0.29, 0.717) is 5.69 Å². The molecule has 2 N–H and O–H groups in total. The summed E-state index contributed by atoms with van der Waals surface area (Å²) in [5, 5.41) is 12.8. The molecule has 3 heteroatoms. The van der Waals surface area contributed by atoms with Crippen molar-refractivity contribution in [3.8, 4) is 5.75 Å². The fraction of sp³-hybridized carbons (Fsp3) is 0.200. The molecule has 0 saturated carbocycles. The number of hydrogen-bond donors (Lipinski definition) is 2. The molecule has 2 aromatic rings. The van der Waals surface area contributed by atoms with E-state index in [2.05, 4.69) is 5.32 Å². The summed E-state index contributed by atoms with van der Waals surface area (Å²) in [5.74, 6) is -0.0673. The first-order chi connectivity index (χ1) is 8.58. The Bertz CT molecular complexity index is 554. The lowest BCUT2D eigenvalue weighted by molar-refractivity contribution is 0.465. The molecule has 2 rings (SSSR count). The molecule has 0 radical (unpaired) electrons. The number of phenolic OH excluding ortho intramolecular Hbond substituents is 1. The fourth-order valence-electron chi connectivity index (χ4n) is 1.90. The maximum absolute atomic E-state index is 13.7. The van der Waals surface area contributed by atoms with Crippen molar-refractivity contribution in [2.24, 2.45) is 0 Å². The van der Waals surface area contributed by atoms with E-state index in [9.17, 15) is 9.50 Å². The molecule has 0 fully saturated rings. The van der Waals surface area contributed by atoms with Gasteiger partial charge in [0.2, 0.25) is 0 Å². The first-order valence-electron chi connectivity index (χ1n) is 5.88. The summed E-state index contributed by atoms with van der Waals surface area (Å²) in [6.07, 6.45) is 0. The summed E-state index contributed by atoms with van der Waals surface area (Å²) >= 11 is 0. The Morgan fingerprint density at radius 2 is 1.89 bits per heavy atom. The van der Waals surface area contributed by atoms with Crippen molar-refractivity contribution in [3.63, 3.8) is 0 Å². The van der Waals surface area contributed by atoms with Gasteiger partial charge in [-0.05, 0) is 37.6 Å². The zero-order valence-electron chi connectivity index (χ0n) is 10.4. The van der Waals surface area contributed by atoms with E-state index >= 15 is 0 Å². The number of halogens is 1. The molecule has 0 aliphatic carbocycles. The van der Waals surface area contributed by atoms with Crippen molar-refractivity contribution in [1.29, 1.82) is 0 Å². The van der Waals surface area contributed by atoms with Crippen LogP contribution < -0.4 is 5.32 Å². The Kier molecular flexibility index (Phi) is 3.51. The summed E-state index contributed by atoms with van der Waals surface area (Å²) in [4.78, 5) is 0. The largest absolute Gasteiger partial charge is 0.508 e. The molecule has 1 atom stereocenters. The molecular weight excluding hydrogens is 229 g/mol. The van der Waals surface area contributed by atoms with Crippen molar-refractivity contribution >= 4 is 5.69 Å². The number of phenols is 1. The summed E-state index contributed by atoms with van der Waals surface area (Å²) < 4.78 is 13.7. The number of aryl methyl sites for hydroxylation is 1. The number of aromatic hydroxyl groups is 1. The van der Waals surface area contributed by atoms with Crippen molar-refractivity contribution < 1.29 is 9.50 Å². The van der Waals surface area contributed by atoms with Crippen LogP contribution in [0.15, 0.2) is 42.5 Å². The van der Waals surface area contributed by atoms with Crippen LogP contribution in [0.2, 0.25) is 0 Å². The van der Waals surface area contributed by atoms with Gasteiger partial charge in [0.1, 0.15) is 11.6 Å². The van der Waals surface area contributed by atoms with Crippen LogP contribution in [0.3, 0.4) is 0 Å². The fourth-order valence-corrected chi connectivity index (χ4v) is 1.90. The third-order valence-corrected chi connectivity index (χ3v) is 2.90. The molecule has 0 aliphatic heterocycles. The number of rotatable bonds is 3. The second kappa shape index (κ2) is 5.08. The van der Waals surface area contributed by atoms with Crippen LogP contribution in [0, 0.1) is 12.7 Å². The highest BCUT2D eigenvalue weighted by atomic mass is 19.1. The van der Waals surface area contributed by atoms with Crippen LogP contribution in [-0.4, -0.2) is 5.11 Å². The second-order valence-electron chi connectivity index (χ2n) is 4.41. The zero-order valence-corrected chi connectivity index (χ0v) is 10.4. The van der Waals surface area contributed by atoms with Crippen LogP contribution in [0.5, 0.6) is 5.75 Å². The topological polar surface area (TPSA) is 32.3 Å². The molecule has 0 amide bonds. The molecule has 18 heavy (non-hydrogen) atoms. The second-order valence-corrected chi connectivity index (χ2v) is 4.41. The third kappa shape index (κ3) is 2.62. The predicted molar refractivity (Wildman–Crippen MR) is 71.3 cm³/mol. The van der Waals surface area contributed by atoms with Gasteiger partial charge in [-0.3, -0.25) is 0 Å². The lowest BCUT2D eigenvalue weighted by Gasteiger charge is -2.17. The Balaban J connectivity index is 2.21. The van der Waals surface area contributed by atoms with Gasteiger partial charge in [-0.15, -0.1) is 0 Å². The monoisotopic (exact) mass is 245 g/mol. The van der Waals surface area contributed by atoms with Crippen molar-refractivity contribution in [2.45, 2.75) is 19.9 Å². The van der Waals surface area contributed by atoms with Crippen LogP contribution in [-0.2, 0) is 0 Å². The molecule has 0 bridgehead atoms. The highest BCUT2D eigenvalue weighted by Crippen LogP contribution is 2.27. The van der Waals surface area contributed by atoms with E-state index in [4.69, 9.17) is 0 Å². The van der Waals surface area contributed by atoms with Gasteiger partial charge in [-0.25, -0.2) is 4.39 Å². The van der Waals surface area contributed by atoms with Gasteiger partial charge in [0.05, 0.1) is 11.7 Å². The first kappa shape index (κ1) is 12.4. The maximum atomic E-state index is 13.7. The summed E-state index contributed by atoms with van der Waals surface area (Å²) in [5.41, 5.74) is 2.07. The van der Waals surface area contributed by atoms with Crippen LogP contribution >= 0.6 is 0 Å². The average molecular weight is 245 g/mol. The zero-order chi connectivity index (χ0) is 13.1. The van der Waals surface area contributed by atoms with Gasteiger partial charge in [0, 0.05) is 5.56 Å². The van der Waals surface area contributed by atoms with Crippen LogP contribution in [0.25, 0.3) is 0 Å². The van der Waals surface area contributed by atoms with Crippen molar-refractivity contribution in [1.82, 2.24) is 0 Å². The minimum absolute atomic E-state index is 0.164. The van der Waals surface area contributed by atoms with Crippen LogP contribution in [0.4, 0.5) is 10.1 Å². The van der Waals surface area contributed by atoms with Gasteiger partial charge in [-0.2, -0.15) is 0 Å². The minimum Gasteiger partial charge on any atom is -0.508 e. The normalized spacial score (nSPS) is 12.2. The Morgan fingerprint density at radius 3 is 2.56 bits per heavy atom. The Labute approximate surface area is 106 Å².